The molecule has 0 radical (unpaired) electrons. The molecule has 0 aliphatic rings. The molecule has 0 spiro atoms. The molecule has 2 rings (SSSR count). The fourth-order valence-corrected chi connectivity index (χ4v) is 1.69. The molecule has 1 N–H and O–H groups in total. The van der Waals surface area contributed by atoms with E-state index in [1.807, 2.05) is 36.4 Å². The van der Waals surface area contributed by atoms with Gasteiger partial charge in [-0.25, -0.2) is 5.43 Å². The van der Waals surface area contributed by atoms with Crippen molar-refractivity contribution in [3.8, 4) is 5.75 Å². The molecule has 0 aromatic heterocycles. The van der Waals surface area contributed by atoms with Crippen molar-refractivity contribution >= 4 is 18.2 Å². The Morgan fingerprint density at radius 2 is 1.95 bits per heavy atom. The second-order valence-corrected chi connectivity index (χ2v) is 4.22. The van der Waals surface area contributed by atoms with Crippen LogP contribution in [0.2, 0.25) is 0 Å². The van der Waals surface area contributed by atoms with Crippen LogP contribution in [0.1, 0.15) is 15.9 Å². The molecule has 0 atom stereocenters. The van der Waals surface area contributed by atoms with Crippen LogP contribution in [0, 0.1) is 0 Å². The minimum Gasteiger partial charge on any atom is -0.497 e. The van der Waals surface area contributed by atoms with Crippen molar-refractivity contribution in [2.45, 2.75) is 0 Å². The normalized spacial score (nSPS) is 10.9. The number of hydrogen-bond acceptors (Lipinski definition) is 3. The van der Waals surface area contributed by atoms with Gasteiger partial charge in [0, 0.05) is 11.8 Å². The topological polar surface area (TPSA) is 50.7 Å². The summed E-state index contributed by atoms with van der Waals surface area (Å²) in [6.45, 7) is 0. The summed E-state index contributed by atoms with van der Waals surface area (Å²) in [6, 6.07) is 16.7. The first-order chi connectivity index (χ1) is 10.3. The maximum Gasteiger partial charge on any atom is 0.271 e. The number of ether oxygens (including phenoxy) is 1. The van der Waals surface area contributed by atoms with Crippen molar-refractivity contribution in [1.82, 2.24) is 5.43 Å². The summed E-state index contributed by atoms with van der Waals surface area (Å²) in [5.74, 6) is 0.355. The summed E-state index contributed by atoms with van der Waals surface area (Å²) in [5.41, 5.74) is 4.03. The zero-order valence-corrected chi connectivity index (χ0v) is 11.7. The third-order valence-corrected chi connectivity index (χ3v) is 2.75. The highest BCUT2D eigenvalue weighted by atomic mass is 16.5. The van der Waals surface area contributed by atoms with Crippen molar-refractivity contribution < 1.29 is 9.53 Å². The molecule has 1 amide bonds. The second kappa shape index (κ2) is 7.65. The van der Waals surface area contributed by atoms with Gasteiger partial charge in [-0.05, 0) is 29.8 Å². The number of nitrogens with zero attached hydrogens (tertiary/aromatic N) is 1. The molecule has 4 heteroatoms. The first-order valence-corrected chi connectivity index (χ1v) is 6.49. The van der Waals surface area contributed by atoms with E-state index in [0.717, 1.165) is 5.56 Å². The van der Waals surface area contributed by atoms with Crippen molar-refractivity contribution in [3.63, 3.8) is 0 Å². The van der Waals surface area contributed by atoms with E-state index in [2.05, 4.69) is 10.5 Å². The summed E-state index contributed by atoms with van der Waals surface area (Å²) in [6.07, 6.45) is 5.20. The van der Waals surface area contributed by atoms with Crippen LogP contribution in [-0.4, -0.2) is 19.2 Å². The lowest BCUT2D eigenvalue weighted by atomic mass is 10.2. The van der Waals surface area contributed by atoms with Crippen molar-refractivity contribution in [3.05, 3.63) is 71.8 Å². The third kappa shape index (κ3) is 4.62. The van der Waals surface area contributed by atoms with Crippen LogP contribution in [0.25, 0.3) is 6.08 Å². The Balaban J connectivity index is 1.88. The molecule has 21 heavy (non-hydrogen) atoms. The molecule has 106 valence electrons. The number of hydrogen-bond donors (Lipinski definition) is 1. The molecule has 0 aliphatic carbocycles. The molecule has 0 unspecified atom stereocenters. The van der Waals surface area contributed by atoms with Gasteiger partial charge in [0.15, 0.2) is 0 Å². The largest absolute Gasteiger partial charge is 0.497 e. The Hall–Kier alpha value is -2.88. The highest BCUT2D eigenvalue weighted by molar-refractivity contribution is 5.95. The molecule has 2 aromatic carbocycles. The fourth-order valence-electron chi connectivity index (χ4n) is 1.69. The highest BCUT2D eigenvalue weighted by Crippen LogP contribution is 2.12. The van der Waals surface area contributed by atoms with Crippen molar-refractivity contribution in [2.75, 3.05) is 7.11 Å². The molecule has 0 aliphatic heterocycles. The zero-order valence-electron chi connectivity index (χ0n) is 11.7. The zero-order chi connectivity index (χ0) is 14.9. The van der Waals surface area contributed by atoms with Crippen LogP contribution in [-0.2, 0) is 0 Å². The van der Waals surface area contributed by atoms with E-state index in [0.29, 0.717) is 11.3 Å². The van der Waals surface area contributed by atoms with Gasteiger partial charge in [-0.2, -0.15) is 5.10 Å². The smallest absolute Gasteiger partial charge is 0.271 e. The van der Waals surface area contributed by atoms with E-state index >= 15 is 0 Å². The molecule has 0 heterocycles. The predicted octanol–water partition coefficient (Wildman–Crippen LogP) is 3.12. The highest BCUT2D eigenvalue weighted by Gasteiger charge is 2.04. The average molecular weight is 280 g/mol. The minimum absolute atomic E-state index is 0.279. The lowest BCUT2D eigenvalue weighted by Crippen LogP contribution is -2.17. The maximum atomic E-state index is 11.8. The number of carbonyl (C=O) groups excluding carboxylic acids is 1. The van der Waals surface area contributed by atoms with E-state index < -0.39 is 0 Å². The average Bonchev–Trinajstić information content (AvgIpc) is 2.55. The van der Waals surface area contributed by atoms with E-state index in [4.69, 9.17) is 4.74 Å². The molecule has 4 nitrogen and oxygen atoms in total. The number of nitrogens with one attached hydrogen (secondary N) is 1. The van der Waals surface area contributed by atoms with Gasteiger partial charge in [0.1, 0.15) is 5.75 Å². The van der Waals surface area contributed by atoms with Gasteiger partial charge in [0.2, 0.25) is 0 Å². The van der Waals surface area contributed by atoms with Gasteiger partial charge in [-0.1, -0.05) is 42.5 Å². The first kappa shape index (κ1) is 14.5. The van der Waals surface area contributed by atoms with Gasteiger partial charge in [-0.15, -0.1) is 0 Å². The summed E-state index contributed by atoms with van der Waals surface area (Å²) in [5, 5.41) is 3.87. The third-order valence-electron chi connectivity index (χ3n) is 2.75. The Morgan fingerprint density at radius 3 is 2.71 bits per heavy atom. The lowest BCUT2D eigenvalue weighted by molar-refractivity contribution is 0.0955. The summed E-state index contributed by atoms with van der Waals surface area (Å²) in [7, 11) is 1.56. The quantitative estimate of drug-likeness (QED) is 0.675. The van der Waals surface area contributed by atoms with Gasteiger partial charge in [-0.3, -0.25) is 4.79 Å². The van der Waals surface area contributed by atoms with Crippen LogP contribution in [0.5, 0.6) is 5.75 Å². The van der Waals surface area contributed by atoms with Gasteiger partial charge < -0.3 is 4.74 Å². The van der Waals surface area contributed by atoms with Crippen LogP contribution in [0.15, 0.2) is 65.8 Å². The fraction of sp³-hybridized carbons (Fsp3) is 0.0588. The molecule has 0 saturated carbocycles. The maximum absolute atomic E-state index is 11.8. The Morgan fingerprint density at radius 1 is 1.14 bits per heavy atom. The minimum atomic E-state index is -0.279. The molecular weight excluding hydrogens is 264 g/mol. The number of amides is 1. The predicted molar refractivity (Wildman–Crippen MR) is 84.4 cm³/mol. The van der Waals surface area contributed by atoms with Crippen LogP contribution < -0.4 is 10.2 Å². The number of hydrazone groups is 1. The number of allylic oxidation sites excluding steroid dienone is 1. The van der Waals surface area contributed by atoms with E-state index in [1.54, 1.807) is 37.5 Å². The Bertz CT molecular complexity index is 649. The summed E-state index contributed by atoms with van der Waals surface area (Å²) >= 11 is 0. The molecule has 0 bridgehead atoms. The number of rotatable bonds is 5. The van der Waals surface area contributed by atoms with Gasteiger partial charge in [0.05, 0.1) is 7.11 Å². The Labute approximate surface area is 123 Å². The van der Waals surface area contributed by atoms with E-state index in [-0.39, 0.29) is 5.91 Å². The van der Waals surface area contributed by atoms with E-state index in [1.165, 1.54) is 6.21 Å². The number of methoxy groups -OCH3 is 1. The SMILES string of the molecule is COc1cccc(C(=O)N/N=C/C=C/c2ccccc2)c1. The molecule has 0 saturated heterocycles. The monoisotopic (exact) mass is 280 g/mol. The van der Waals surface area contributed by atoms with Crippen molar-refractivity contribution in [1.29, 1.82) is 0 Å². The van der Waals surface area contributed by atoms with Crippen LogP contribution in [0.4, 0.5) is 0 Å². The van der Waals surface area contributed by atoms with Crippen LogP contribution >= 0.6 is 0 Å². The van der Waals surface area contributed by atoms with Gasteiger partial charge in [0.25, 0.3) is 5.91 Å². The molecule has 0 fully saturated rings. The van der Waals surface area contributed by atoms with E-state index in [9.17, 15) is 4.79 Å². The first-order valence-electron chi connectivity index (χ1n) is 6.49. The van der Waals surface area contributed by atoms with Gasteiger partial charge >= 0.3 is 0 Å². The van der Waals surface area contributed by atoms with Crippen molar-refractivity contribution in [2.24, 2.45) is 5.10 Å². The summed E-state index contributed by atoms with van der Waals surface area (Å²) in [4.78, 5) is 11.8. The number of benzene rings is 2. The lowest BCUT2D eigenvalue weighted by Gasteiger charge is -2.02. The second-order valence-electron chi connectivity index (χ2n) is 4.22. The molecule has 2 aromatic rings. The number of carbonyl (C=O) groups is 1. The van der Waals surface area contributed by atoms with Crippen LogP contribution in [0.3, 0.4) is 0 Å². The Kier molecular flexibility index (Phi) is 5.29. The molecular formula is C17H16N2O2. The standard InChI is InChI=1S/C17H16N2O2/c1-21-16-11-5-10-15(13-16)17(20)19-18-12-6-9-14-7-3-2-4-8-14/h2-13H,1H3,(H,19,20)/b9-6+,18-12+. The summed E-state index contributed by atoms with van der Waals surface area (Å²) < 4.78 is 5.07.